The number of hydrogen-bond donors (Lipinski definition) is 2. The van der Waals surface area contributed by atoms with Crippen LogP contribution in [0.15, 0.2) is 11.1 Å². The lowest BCUT2D eigenvalue weighted by molar-refractivity contribution is 0.563. The summed E-state index contributed by atoms with van der Waals surface area (Å²) < 4.78 is 27.8. The van der Waals surface area contributed by atoms with Crippen molar-refractivity contribution in [3.05, 3.63) is 6.20 Å². The van der Waals surface area contributed by atoms with Crippen molar-refractivity contribution in [1.82, 2.24) is 14.5 Å². The molecule has 0 fully saturated rings. The summed E-state index contributed by atoms with van der Waals surface area (Å²) in [5.74, 6) is 1.21. The quantitative estimate of drug-likeness (QED) is 0.780. The van der Waals surface area contributed by atoms with Gasteiger partial charge in [0.25, 0.3) is 0 Å². The van der Waals surface area contributed by atoms with Crippen LogP contribution in [-0.2, 0) is 17.1 Å². The minimum atomic E-state index is -3.55. The van der Waals surface area contributed by atoms with Gasteiger partial charge in [-0.15, -0.1) is 0 Å². The normalized spacial score (nSPS) is 13.8. The molecule has 6 nitrogen and oxygen atoms in total. The Balaban J connectivity index is 2.73. The lowest BCUT2D eigenvalue weighted by Gasteiger charge is -2.10. The highest BCUT2D eigenvalue weighted by Crippen LogP contribution is 2.15. The number of sulfonamides is 1. The van der Waals surface area contributed by atoms with Crippen molar-refractivity contribution in [3.8, 4) is 0 Å². The third kappa shape index (κ3) is 3.90. The van der Waals surface area contributed by atoms with E-state index in [1.165, 1.54) is 10.9 Å². The van der Waals surface area contributed by atoms with E-state index in [0.29, 0.717) is 6.54 Å². The monoisotopic (exact) mass is 278 g/mol. The Labute approximate surface area is 106 Å². The molecule has 0 aliphatic rings. The average Bonchev–Trinajstić information content (AvgIpc) is 2.56. The molecule has 0 amide bonds. The fourth-order valence-corrected chi connectivity index (χ4v) is 3.32. The Bertz CT molecular complexity index is 469. The van der Waals surface area contributed by atoms with Gasteiger partial charge in [0.2, 0.25) is 10.0 Å². The Morgan fingerprint density at radius 2 is 2.29 bits per heavy atom. The van der Waals surface area contributed by atoms with E-state index in [9.17, 15) is 8.42 Å². The van der Waals surface area contributed by atoms with Crippen LogP contribution in [0, 0.1) is 5.92 Å². The van der Waals surface area contributed by atoms with E-state index in [1.807, 2.05) is 13.2 Å². The average molecular weight is 278 g/mol. The first-order valence-electron chi connectivity index (χ1n) is 5.14. The van der Waals surface area contributed by atoms with E-state index in [-0.39, 0.29) is 16.6 Å². The van der Waals surface area contributed by atoms with Gasteiger partial charge in [-0.2, -0.15) is 16.9 Å². The first-order chi connectivity index (χ1) is 7.86. The molecule has 1 aromatic rings. The molecule has 1 heterocycles. The summed E-state index contributed by atoms with van der Waals surface area (Å²) in [4.78, 5) is 0.0383. The number of rotatable bonds is 6. The third-order valence-corrected chi connectivity index (χ3v) is 4.53. The Hall–Kier alpha value is -0.730. The van der Waals surface area contributed by atoms with Crippen LogP contribution < -0.4 is 10.5 Å². The molecular weight excluding hydrogens is 260 g/mol. The van der Waals surface area contributed by atoms with Gasteiger partial charge in [0.05, 0.1) is 0 Å². The van der Waals surface area contributed by atoms with Crippen LogP contribution in [0.3, 0.4) is 0 Å². The predicted molar refractivity (Wildman–Crippen MR) is 70.4 cm³/mol. The van der Waals surface area contributed by atoms with E-state index >= 15 is 0 Å². The highest BCUT2D eigenvalue weighted by molar-refractivity contribution is 7.98. The van der Waals surface area contributed by atoms with E-state index in [2.05, 4.69) is 9.82 Å². The predicted octanol–water partition coefficient (Wildman–Crippen LogP) is 0.280. The van der Waals surface area contributed by atoms with Gasteiger partial charge in [0.1, 0.15) is 4.90 Å². The zero-order valence-electron chi connectivity index (χ0n) is 10.2. The summed E-state index contributed by atoms with van der Waals surface area (Å²) in [6, 6.07) is 0. The molecule has 1 rings (SSSR count). The molecule has 0 spiro atoms. The Kier molecular flexibility index (Phi) is 4.84. The van der Waals surface area contributed by atoms with Gasteiger partial charge in [-0.1, -0.05) is 6.92 Å². The molecule has 0 radical (unpaired) electrons. The van der Waals surface area contributed by atoms with E-state index in [4.69, 9.17) is 5.73 Å². The first kappa shape index (κ1) is 14.3. The molecule has 0 aliphatic heterocycles. The minimum absolute atomic E-state index is 0.0255. The fourth-order valence-electron chi connectivity index (χ4n) is 1.36. The summed E-state index contributed by atoms with van der Waals surface area (Å²) in [5.41, 5.74) is 5.54. The summed E-state index contributed by atoms with van der Waals surface area (Å²) in [6.45, 7) is 2.39. The van der Waals surface area contributed by atoms with Crippen molar-refractivity contribution >= 4 is 27.6 Å². The number of nitrogens with one attached hydrogen (secondary N) is 1. The van der Waals surface area contributed by atoms with Crippen LogP contribution in [0.2, 0.25) is 0 Å². The standard InChI is InChI=1S/C9H18N4O2S2/c1-7(6-16-3)4-11-17(14,15)8-5-13(2)12-9(8)10/h5,7,11H,4,6H2,1-3H3,(H2,10,12). The second kappa shape index (κ2) is 5.74. The summed E-state index contributed by atoms with van der Waals surface area (Å²) in [6.07, 6.45) is 3.39. The second-order valence-electron chi connectivity index (χ2n) is 3.96. The molecule has 0 aromatic carbocycles. The van der Waals surface area contributed by atoms with E-state index < -0.39 is 10.0 Å². The molecule has 0 aliphatic carbocycles. The highest BCUT2D eigenvalue weighted by atomic mass is 32.2. The van der Waals surface area contributed by atoms with Gasteiger partial charge >= 0.3 is 0 Å². The maximum atomic E-state index is 11.9. The molecule has 1 unspecified atom stereocenters. The number of aromatic nitrogens is 2. The Morgan fingerprint density at radius 3 is 2.76 bits per heavy atom. The lowest BCUT2D eigenvalue weighted by atomic mass is 10.2. The number of thioether (sulfide) groups is 1. The molecule has 1 atom stereocenters. The van der Waals surface area contributed by atoms with Crippen LogP contribution in [-0.4, -0.2) is 36.8 Å². The number of anilines is 1. The smallest absolute Gasteiger partial charge is 0.245 e. The van der Waals surface area contributed by atoms with Crippen LogP contribution in [0.5, 0.6) is 0 Å². The molecule has 3 N–H and O–H groups in total. The Morgan fingerprint density at radius 1 is 1.65 bits per heavy atom. The second-order valence-corrected chi connectivity index (χ2v) is 6.61. The molecular formula is C9H18N4O2S2. The van der Waals surface area contributed by atoms with Crippen LogP contribution in [0.25, 0.3) is 0 Å². The van der Waals surface area contributed by atoms with Crippen molar-refractivity contribution in [2.45, 2.75) is 11.8 Å². The topological polar surface area (TPSA) is 90.0 Å². The highest BCUT2D eigenvalue weighted by Gasteiger charge is 2.20. The third-order valence-electron chi connectivity index (χ3n) is 2.18. The van der Waals surface area contributed by atoms with Crippen molar-refractivity contribution in [1.29, 1.82) is 0 Å². The number of aryl methyl sites for hydroxylation is 1. The van der Waals surface area contributed by atoms with Crippen molar-refractivity contribution in [2.24, 2.45) is 13.0 Å². The van der Waals surface area contributed by atoms with Crippen LogP contribution in [0.1, 0.15) is 6.92 Å². The fraction of sp³-hybridized carbons (Fsp3) is 0.667. The van der Waals surface area contributed by atoms with Crippen molar-refractivity contribution < 1.29 is 8.42 Å². The molecule has 98 valence electrons. The van der Waals surface area contributed by atoms with Crippen molar-refractivity contribution in [2.75, 3.05) is 24.3 Å². The van der Waals surface area contributed by atoms with Crippen LogP contribution >= 0.6 is 11.8 Å². The number of hydrogen-bond acceptors (Lipinski definition) is 5. The zero-order valence-corrected chi connectivity index (χ0v) is 11.8. The molecule has 8 heteroatoms. The number of nitrogen functional groups attached to an aromatic ring is 1. The van der Waals surface area contributed by atoms with Gasteiger partial charge in [-0.25, -0.2) is 13.1 Å². The van der Waals surface area contributed by atoms with Crippen LogP contribution in [0.4, 0.5) is 5.82 Å². The SMILES string of the molecule is CSCC(C)CNS(=O)(=O)c1cn(C)nc1N. The molecule has 0 saturated heterocycles. The van der Waals surface area contributed by atoms with Gasteiger partial charge in [-0.3, -0.25) is 4.68 Å². The van der Waals surface area contributed by atoms with Gasteiger partial charge in [-0.05, 0) is 17.9 Å². The molecule has 17 heavy (non-hydrogen) atoms. The van der Waals surface area contributed by atoms with Gasteiger partial charge in [0.15, 0.2) is 5.82 Å². The summed E-state index contributed by atoms with van der Waals surface area (Å²) >= 11 is 1.69. The van der Waals surface area contributed by atoms with Gasteiger partial charge in [0, 0.05) is 19.8 Å². The number of nitrogens with zero attached hydrogens (tertiary/aromatic N) is 2. The summed E-state index contributed by atoms with van der Waals surface area (Å²) in [7, 11) is -1.92. The first-order valence-corrected chi connectivity index (χ1v) is 8.02. The summed E-state index contributed by atoms with van der Waals surface area (Å²) in [5, 5.41) is 3.81. The molecule has 1 aromatic heterocycles. The zero-order chi connectivity index (χ0) is 13.1. The molecule has 0 saturated carbocycles. The molecule has 0 bridgehead atoms. The maximum absolute atomic E-state index is 11.9. The number of nitrogens with two attached hydrogens (primary N) is 1. The van der Waals surface area contributed by atoms with E-state index in [0.717, 1.165) is 5.75 Å². The van der Waals surface area contributed by atoms with E-state index in [1.54, 1.807) is 18.8 Å². The van der Waals surface area contributed by atoms with Gasteiger partial charge < -0.3 is 5.73 Å². The lowest BCUT2D eigenvalue weighted by Crippen LogP contribution is -2.29. The van der Waals surface area contributed by atoms with Crippen molar-refractivity contribution in [3.63, 3.8) is 0 Å². The minimum Gasteiger partial charge on any atom is -0.381 e. The largest absolute Gasteiger partial charge is 0.381 e. The maximum Gasteiger partial charge on any atom is 0.245 e.